The maximum Gasteiger partial charge on any atom is 0.407 e. The van der Waals surface area contributed by atoms with E-state index in [0.717, 1.165) is 51.6 Å². The molecule has 3 aliphatic heterocycles. The quantitative estimate of drug-likeness (QED) is 0.781. The molecule has 0 spiro atoms. The van der Waals surface area contributed by atoms with Crippen LogP contribution < -0.4 is 5.32 Å². The van der Waals surface area contributed by atoms with E-state index in [0.29, 0.717) is 12.5 Å². The average Bonchev–Trinajstić information content (AvgIpc) is 2.62. The molecule has 3 fully saturated rings. The summed E-state index contributed by atoms with van der Waals surface area (Å²) in [5.41, 5.74) is 1.21. The van der Waals surface area contributed by atoms with E-state index >= 15 is 0 Å². The van der Waals surface area contributed by atoms with Crippen LogP contribution in [0.25, 0.3) is 0 Å². The van der Waals surface area contributed by atoms with Gasteiger partial charge >= 0.3 is 6.09 Å². The number of ether oxygens (including phenoxy) is 1. The highest BCUT2D eigenvalue weighted by Gasteiger charge is 2.44. The fourth-order valence-electron chi connectivity index (χ4n) is 4.01. The minimum Gasteiger partial charge on any atom is -0.444 e. The van der Waals surface area contributed by atoms with Crippen molar-refractivity contribution in [3.63, 3.8) is 0 Å². The van der Waals surface area contributed by atoms with Gasteiger partial charge in [0.15, 0.2) is 0 Å². The fraction of sp³-hybridized carbons (Fsp3) is 0.684. The van der Waals surface area contributed by atoms with Gasteiger partial charge in [-0.05, 0) is 50.4 Å². The first-order valence-corrected chi connectivity index (χ1v) is 9.35. The molecule has 5 nitrogen and oxygen atoms in total. The van der Waals surface area contributed by atoms with Crippen LogP contribution in [0.4, 0.5) is 4.79 Å². The third-order valence-corrected chi connectivity index (χ3v) is 5.35. The highest BCUT2D eigenvalue weighted by molar-refractivity contribution is 5.67. The van der Waals surface area contributed by atoms with E-state index in [9.17, 15) is 4.79 Å². The normalized spacial score (nSPS) is 28.5. The molecule has 0 radical (unpaired) electrons. The Balaban J connectivity index is 1.59. The van der Waals surface area contributed by atoms with Crippen molar-refractivity contribution in [1.29, 1.82) is 0 Å². The Bertz CT molecular complexity index is 515. The Morgan fingerprint density at radius 2 is 2.21 bits per heavy atom. The van der Waals surface area contributed by atoms with Crippen molar-refractivity contribution in [1.82, 2.24) is 15.2 Å². The van der Waals surface area contributed by atoms with Gasteiger partial charge < -0.3 is 10.1 Å². The van der Waals surface area contributed by atoms with Gasteiger partial charge in [-0.1, -0.05) is 25.8 Å². The third kappa shape index (κ3) is 4.26. The number of carbonyl (C=O) groups excluding carboxylic acids is 1. The number of alkyl carbamates (subject to hydrolysis) is 1. The minimum absolute atomic E-state index is 0.00104. The number of nitrogens with zero attached hydrogens (tertiary/aromatic N) is 2. The predicted molar refractivity (Wildman–Crippen MR) is 93.8 cm³/mol. The molecular formula is C19H29N3O2. The zero-order chi connectivity index (χ0) is 16.8. The van der Waals surface area contributed by atoms with Crippen LogP contribution in [0.15, 0.2) is 24.5 Å². The van der Waals surface area contributed by atoms with Gasteiger partial charge in [-0.25, -0.2) is 4.79 Å². The van der Waals surface area contributed by atoms with Crippen molar-refractivity contribution < 1.29 is 9.53 Å². The summed E-state index contributed by atoms with van der Waals surface area (Å²) in [6.07, 6.45) is 9.96. The molecular weight excluding hydrogens is 302 g/mol. The van der Waals surface area contributed by atoms with Crippen molar-refractivity contribution in [2.75, 3.05) is 19.6 Å². The molecule has 0 aromatic carbocycles. The van der Waals surface area contributed by atoms with E-state index < -0.39 is 0 Å². The second-order valence-electron chi connectivity index (χ2n) is 7.01. The number of unbranched alkanes of at least 4 members (excludes halogenated alkanes) is 2. The Morgan fingerprint density at radius 1 is 1.38 bits per heavy atom. The molecule has 4 heterocycles. The monoisotopic (exact) mass is 331 g/mol. The molecule has 1 amide bonds. The maximum absolute atomic E-state index is 12.2. The summed E-state index contributed by atoms with van der Waals surface area (Å²) in [5.74, 6) is 0.498. The number of piperidine rings is 3. The van der Waals surface area contributed by atoms with E-state index in [-0.39, 0.29) is 18.2 Å². The van der Waals surface area contributed by atoms with Crippen LogP contribution in [0.1, 0.15) is 44.6 Å². The molecule has 24 heavy (non-hydrogen) atoms. The van der Waals surface area contributed by atoms with Crippen LogP contribution in [0.2, 0.25) is 0 Å². The lowest BCUT2D eigenvalue weighted by Gasteiger charge is -2.50. The van der Waals surface area contributed by atoms with Gasteiger partial charge in [0.2, 0.25) is 0 Å². The van der Waals surface area contributed by atoms with Crippen LogP contribution in [-0.4, -0.2) is 47.8 Å². The molecule has 4 rings (SSSR count). The summed E-state index contributed by atoms with van der Waals surface area (Å²) >= 11 is 0. The van der Waals surface area contributed by atoms with Crippen molar-refractivity contribution in [2.24, 2.45) is 5.92 Å². The number of nitrogens with one attached hydrogen (secondary N) is 1. The standard InChI is InChI=1S/C19H29N3O2/c1-2-3-4-10-21-19(23)24-18-16-7-11-22(12-8-16)17(18)13-15-6-5-9-20-14-15/h5-6,9,14,16-18H,2-4,7-8,10-13H2,1H3,(H,21,23). The lowest BCUT2D eigenvalue weighted by molar-refractivity contribution is -0.0771. The summed E-state index contributed by atoms with van der Waals surface area (Å²) < 4.78 is 5.88. The molecule has 3 aliphatic rings. The molecule has 2 atom stereocenters. The largest absolute Gasteiger partial charge is 0.444 e. The minimum atomic E-state index is -0.249. The Hall–Kier alpha value is -1.62. The summed E-state index contributed by atoms with van der Waals surface area (Å²) in [7, 11) is 0. The Labute approximate surface area is 144 Å². The SMILES string of the molecule is CCCCCNC(=O)OC1C2CCN(CC2)C1Cc1cccnc1. The van der Waals surface area contributed by atoms with Crippen molar-refractivity contribution in [3.05, 3.63) is 30.1 Å². The summed E-state index contributed by atoms with van der Waals surface area (Å²) in [4.78, 5) is 18.9. The number of fused-ring (bicyclic) bond motifs is 3. The fourth-order valence-corrected chi connectivity index (χ4v) is 4.01. The molecule has 1 aromatic rings. The highest BCUT2D eigenvalue weighted by Crippen LogP contribution is 2.35. The van der Waals surface area contributed by atoms with Gasteiger partial charge in [-0.3, -0.25) is 9.88 Å². The van der Waals surface area contributed by atoms with Gasteiger partial charge in [0, 0.05) is 24.9 Å². The molecule has 132 valence electrons. The number of pyridine rings is 1. The first-order chi connectivity index (χ1) is 11.8. The molecule has 5 heteroatoms. The summed E-state index contributed by atoms with van der Waals surface area (Å²) in [6.45, 7) is 5.11. The van der Waals surface area contributed by atoms with Gasteiger partial charge in [0.25, 0.3) is 0 Å². The topological polar surface area (TPSA) is 54.5 Å². The van der Waals surface area contributed by atoms with Crippen molar-refractivity contribution in [3.8, 4) is 0 Å². The number of hydrogen-bond acceptors (Lipinski definition) is 4. The van der Waals surface area contributed by atoms with E-state index in [1.807, 2.05) is 12.3 Å². The number of rotatable bonds is 7. The average molecular weight is 331 g/mol. The second kappa shape index (κ2) is 8.47. The number of hydrogen-bond donors (Lipinski definition) is 1. The molecule has 2 bridgehead atoms. The molecule has 0 saturated carbocycles. The van der Waals surface area contributed by atoms with Gasteiger partial charge in [-0.2, -0.15) is 0 Å². The molecule has 0 aliphatic carbocycles. The number of carbonyl (C=O) groups is 1. The van der Waals surface area contributed by atoms with E-state index in [2.05, 4.69) is 28.2 Å². The Morgan fingerprint density at radius 3 is 2.92 bits per heavy atom. The van der Waals surface area contributed by atoms with Crippen molar-refractivity contribution in [2.45, 2.75) is 57.6 Å². The lowest BCUT2D eigenvalue weighted by Crippen LogP contribution is -2.60. The zero-order valence-electron chi connectivity index (χ0n) is 14.6. The molecule has 1 N–H and O–H groups in total. The van der Waals surface area contributed by atoms with Crippen LogP contribution >= 0.6 is 0 Å². The van der Waals surface area contributed by atoms with Crippen LogP contribution in [-0.2, 0) is 11.2 Å². The van der Waals surface area contributed by atoms with E-state index in [1.54, 1.807) is 6.20 Å². The van der Waals surface area contributed by atoms with Crippen LogP contribution in [0.5, 0.6) is 0 Å². The zero-order valence-corrected chi connectivity index (χ0v) is 14.6. The summed E-state index contributed by atoms with van der Waals surface area (Å²) in [5, 5.41) is 2.92. The predicted octanol–water partition coefficient (Wildman–Crippen LogP) is 3.00. The smallest absolute Gasteiger partial charge is 0.407 e. The van der Waals surface area contributed by atoms with E-state index in [4.69, 9.17) is 4.74 Å². The van der Waals surface area contributed by atoms with Gasteiger partial charge in [0.1, 0.15) is 6.10 Å². The second-order valence-corrected chi connectivity index (χ2v) is 7.01. The van der Waals surface area contributed by atoms with Crippen molar-refractivity contribution >= 4 is 6.09 Å². The first kappa shape index (κ1) is 17.2. The van der Waals surface area contributed by atoms with Crippen LogP contribution in [0, 0.1) is 5.92 Å². The first-order valence-electron chi connectivity index (χ1n) is 9.35. The molecule has 3 saturated heterocycles. The van der Waals surface area contributed by atoms with Gasteiger partial charge in [-0.15, -0.1) is 0 Å². The molecule has 2 unspecified atom stereocenters. The molecule has 1 aromatic heterocycles. The lowest BCUT2D eigenvalue weighted by atomic mass is 9.78. The maximum atomic E-state index is 12.2. The van der Waals surface area contributed by atoms with Crippen LogP contribution in [0.3, 0.4) is 0 Å². The number of aromatic nitrogens is 1. The van der Waals surface area contributed by atoms with Gasteiger partial charge in [0.05, 0.1) is 6.04 Å². The third-order valence-electron chi connectivity index (χ3n) is 5.35. The number of amides is 1. The summed E-state index contributed by atoms with van der Waals surface area (Å²) in [6, 6.07) is 4.36. The highest BCUT2D eigenvalue weighted by atomic mass is 16.6. The van der Waals surface area contributed by atoms with E-state index in [1.165, 1.54) is 5.56 Å². The Kier molecular flexibility index (Phi) is 6.07.